The van der Waals surface area contributed by atoms with Crippen LogP contribution < -0.4 is 14.8 Å². The van der Waals surface area contributed by atoms with E-state index >= 15 is 0 Å². The van der Waals surface area contributed by atoms with E-state index in [0.717, 1.165) is 39.8 Å². The number of nitrogens with zero attached hydrogens (tertiary/aromatic N) is 2. The number of benzene rings is 3. The Morgan fingerprint density at radius 3 is 2.31 bits per heavy atom. The summed E-state index contributed by atoms with van der Waals surface area (Å²) in [6.45, 7) is 0.504. The molecule has 0 aliphatic carbocycles. The lowest BCUT2D eigenvalue weighted by molar-refractivity contribution is 0.0949. The van der Waals surface area contributed by atoms with Crippen LogP contribution in [0, 0.1) is 0 Å². The van der Waals surface area contributed by atoms with Gasteiger partial charge < -0.3 is 14.8 Å². The number of H-pyrrole nitrogens is 1. The van der Waals surface area contributed by atoms with Crippen molar-refractivity contribution in [3.63, 3.8) is 0 Å². The first-order valence-corrected chi connectivity index (χ1v) is 11.7. The van der Waals surface area contributed by atoms with Crippen molar-refractivity contribution in [3.8, 4) is 33.9 Å². The molecule has 5 rings (SSSR count). The molecule has 0 saturated heterocycles. The summed E-state index contributed by atoms with van der Waals surface area (Å²) >= 11 is 0. The first-order chi connectivity index (χ1) is 17.7. The Balaban J connectivity index is 1.56. The van der Waals surface area contributed by atoms with Gasteiger partial charge in [0.15, 0.2) is 17.1 Å². The Morgan fingerprint density at radius 1 is 0.861 bits per heavy atom. The average molecular weight is 479 g/mol. The maximum absolute atomic E-state index is 13.1. The molecule has 2 aromatic heterocycles. The topological polar surface area (TPSA) is 89.1 Å². The lowest BCUT2D eigenvalue weighted by Crippen LogP contribution is -2.26. The van der Waals surface area contributed by atoms with E-state index in [2.05, 4.69) is 20.5 Å². The Hall–Kier alpha value is -4.65. The van der Waals surface area contributed by atoms with Gasteiger partial charge >= 0.3 is 0 Å². The summed E-state index contributed by atoms with van der Waals surface area (Å²) < 4.78 is 11.0. The summed E-state index contributed by atoms with van der Waals surface area (Å²) in [6, 6.07) is 27.5. The van der Waals surface area contributed by atoms with Crippen LogP contribution in [-0.4, -0.2) is 41.9 Å². The first kappa shape index (κ1) is 23.1. The molecule has 0 radical (unpaired) electrons. The molecule has 0 aliphatic heterocycles. The maximum atomic E-state index is 13.1. The molecule has 0 atom stereocenters. The van der Waals surface area contributed by atoms with E-state index in [0.29, 0.717) is 29.4 Å². The predicted octanol–water partition coefficient (Wildman–Crippen LogP) is 5.28. The Morgan fingerprint density at radius 2 is 1.58 bits per heavy atom. The number of amides is 1. The summed E-state index contributed by atoms with van der Waals surface area (Å²) in [4.78, 5) is 17.7. The molecule has 0 saturated carbocycles. The zero-order chi connectivity index (χ0) is 24.9. The molecule has 7 heteroatoms. The van der Waals surface area contributed by atoms with Crippen LogP contribution in [0.15, 0.2) is 84.9 Å². The smallest absolute Gasteiger partial charge is 0.270 e. The van der Waals surface area contributed by atoms with E-state index in [1.807, 2.05) is 84.9 Å². The van der Waals surface area contributed by atoms with Crippen LogP contribution in [0.25, 0.3) is 33.4 Å². The molecule has 0 unspecified atom stereocenters. The summed E-state index contributed by atoms with van der Waals surface area (Å²) in [7, 11) is 3.20. The Bertz CT molecular complexity index is 1500. The minimum atomic E-state index is -0.251. The van der Waals surface area contributed by atoms with Crippen molar-refractivity contribution in [2.75, 3.05) is 20.8 Å². The number of carbonyl (C=O) groups is 1. The number of methoxy groups -OCH3 is 2. The molecule has 1 amide bonds. The van der Waals surface area contributed by atoms with Gasteiger partial charge in [0.25, 0.3) is 5.91 Å². The molecule has 0 spiro atoms. The molecule has 180 valence electrons. The third-order valence-electron chi connectivity index (χ3n) is 6.06. The van der Waals surface area contributed by atoms with Gasteiger partial charge in [0.1, 0.15) is 5.69 Å². The van der Waals surface area contributed by atoms with Crippen molar-refractivity contribution in [3.05, 3.63) is 96.2 Å². The average Bonchev–Trinajstić information content (AvgIpc) is 3.37. The quantitative estimate of drug-likeness (QED) is 0.317. The molecule has 3 aromatic carbocycles. The first-order valence-electron chi connectivity index (χ1n) is 11.7. The number of hydrogen-bond donors (Lipinski definition) is 2. The van der Waals surface area contributed by atoms with E-state index in [-0.39, 0.29) is 5.91 Å². The van der Waals surface area contributed by atoms with Crippen molar-refractivity contribution in [1.29, 1.82) is 0 Å². The SMILES string of the molecule is COc1ccc(-c2cc(C(=O)NCCc3ccccc3)nc3n[nH]c(-c4ccccc4)c23)cc1OC. The zero-order valence-electron chi connectivity index (χ0n) is 20.1. The number of fused-ring (bicyclic) bond motifs is 1. The highest BCUT2D eigenvalue weighted by Crippen LogP contribution is 2.38. The Labute approximate surface area is 209 Å². The van der Waals surface area contributed by atoms with E-state index in [1.165, 1.54) is 0 Å². The molecule has 2 N–H and O–H groups in total. The largest absolute Gasteiger partial charge is 0.493 e. The fourth-order valence-electron chi connectivity index (χ4n) is 4.24. The monoisotopic (exact) mass is 478 g/mol. The van der Waals surface area contributed by atoms with Gasteiger partial charge in [-0.15, -0.1) is 0 Å². The van der Waals surface area contributed by atoms with Gasteiger partial charge in [0.05, 0.1) is 25.3 Å². The van der Waals surface area contributed by atoms with Gasteiger partial charge in [0, 0.05) is 12.1 Å². The summed E-state index contributed by atoms with van der Waals surface area (Å²) in [5.41, 5.74) is 5.41. The molecule has 36 heavy (non-hydrogen) atoms. The lowest BCUT2D eigenvalue weighted by Gasteiger charge is -2.12. The highest BCUT2D eigenvalue weighted by atomic mass is 16.5. The van der Waals surface area contributed by atoms with Crippen molar-refractivity contribution in [1.82, 2.24) is 20.5 Å². The van der Waals surface area contributed by atoms with Crippen molar-refractivity contribution in [2.24, 2.45) is 0 Å². The number of carbonyl (C=O) groups excluding carboxylic acids is 1. The fourth-order valence-corrected chi connectivity index (χ4v) is 4.24. The minimum Gasteiger partial charge on any atom is -0.493 e. The van der Waals surface area contributed by atoms with Gasteiger partial charge in [-0.3, -0.25) is 9.89 Å². The van der Waals surface area contributed by atoms with E-state index in [4.69, 9.17) is 9.47 Å². The summed E-state index contributed by atoms with van der Waals surface area (Å²) in [6.07, 6.45) is 0.734. The summed E-state index contributed by atoms with van der Waals surface area (Å²) in [5, 5.41) is 11.4. The normalized spacial score (nSPS) is 10.8. The van der Waals surface area contributed by atoms with Crippen LogP contribution in [0.5, 0.6) is 11.5 Å². The molecular formula is C29H26N4O3. The maximum Gasteiger partial charge on any atom is 0.270 e. The second-order valence-corrected chi connectivity index (χ2v) is 8.28. The molecule has 7 nitrogen and oxygen atoms in total. The standard InChI is InChI=1S/C29H26N4O3/c1-35-24-14-13-21(17-25(24)36-2)22-18-23(29(34)30-16-15-19-9-5-3-6-10-19)31-28-26(22)27(32-33-28)20-11-7-4-8-12-20/h3-14,17-18H,15-16H2,1-2H3,(H,30,34)(H,31,32,33). The highest BCUT2D eigenvalue weighted by Gasteiger charge is 2.20. The van der Waals surface area contributed by atoms with Crippen LogP contribution in [0.2, 0.25) is 0 Å². The van der Waals surface area contributed by atoms with Crippen LogP contribution in [-0.2, 0) is 6.42 Å². The van der Waals surface area contributed by atoms with Crippen molar-refractivity contribution in [2.45, 2.75) is 6.42 Å². The zero-order valence-corrected chi connectivity index (χ0v) is 20.1. The van der Waals surface area contributed by atoms with E-state index in [1.54, 1.807) is 14.2 Å². The third-order valence-corrected chi connectivity index (χ3v) is 6.06. The second-order valence-electron chi connectivity index (χ2n) is 8.28. The molecule has 5 aromatic rings. The number of aromatic amines is 1. The number of nitrogens with one attached hydrogen (secondary N) is 2. The molecule has 0 fully saturated rings. The number of ether oxygens (including phenoxy) is 2. The van der Waals surface area contributed by atoms with Crippen LogP contribution >= 0.6 is 0 Å². The van der Waals surface area contributed by atoms with E-state index in [9.17, 15) is 4.79 Å². The third kappa shape index (κ3) is 4.63. The predicted molar refractivity (Wildman–Crippen MR) is 140 cm³/mol. The fraction of sp³-hybridized carbons (Fsp3) is 0.138. The minimum absolute atomic E-state index is 0.251. The van der Waals surface area contributed by atoms with Gasteiger partial charge in [-0.05, 0) is 41.3 Å². The molecule has 2 heterocycles. The van der Waals surface area contributed by atoms with E-state index < -0.39 is 0 Å². The van der Waals surface area contributed by atoms with Gasteiger partial charge in [0.2, 0.25) is 0 Å². The van der Waals surface area contributed by atoms with Gasteiger partial charge in [-0.25, -0.2) is 4.98 Å². The molecule has 0 bridgehead atoms. The number of pyridine rings is 1. The molecular weight excluding hydrogens is 452 g/mol. The van der Waals surface area contributed by atoms with Crippen LogP contribution in [0.4, 0.5) is 0 Å². The van der Waals surface area contributed by atoms with Crippen LogP contribution in [0.3, 0.4) is 0 Å². The van der Waals surface area contributed by atoms with Crippen molar-refractivity contribution >= 4 is 16.9 Å². The molecule has 0 aliphatic rings. The Kier molecular flexibility index (Phi) is 6.62. The summed E-state index contributed by atoms with van der Waals surface area (Å²) in [5.74, 6) is 0.971. The van der Waals surface area contributed by atoms with Crippen molar-refractivity contribution < 1.29 is 14.3 Å². The van der Waals surface area contributed by atoms with Gasteiger partial charge in [-0.2, -0.15) is 5.10 Å². The second kappa shape index (κ2) is 10.3. The van der Waals surface area contributed by atoms with Crippen LogP contribution in [0.1, 0.15) is 16.1 Å². The highest BCUT2D eigenvalue weighted by molar-refractivity contribution is 6.06. The lowest BCUT2D eigenvalue weighted by atomic mass is 9.98. The number of rotatable bonds is 8. The number of aromatic nitrogens is 3. The number of hydrogen-bond acceptors (Lipinski definition) is 5. The van der Waals surface area contributed by atoms with Gasteiger partial charge in [-0.1, -0.05) is 66.7 Å².